The molecule has 0 aromatic heterocycles. The molecule has 4 N–H and O–H groups in total. The van der Waals surface area contributed by atoms with Crippen molar-refractivity contribution in [3.05, 3.63) is 83.3 Å². The Labute approximate surface area is 247 Å². The summed E-state index contributed by atoms with van der Waals surface area (Å²) in [4.78, 5) is 25.1. The first-order valence-electron chi connectivity index (χ1n) is 15.2. The summed E-state index contributed by atoms with van der Waals surface area (Å²) in [6.45, 7) is 13.7. The van der Waals surface area contributed by atoms with Crippen molar-refractivity contribution in [3.8, 4) is 0 Å². The van der Waals surface area contributed by atoms with E-state index >= 15 is 0 Å². The molecule has 0 radical (unpaired) electrons. The molecule has 1 aliphatic carbocycles. The van der Waals surface area contributed by atoms with Crippen LogP contribution < -0.4 is 21.3 Å². The predicted octanol–water partition coefficient (Wildman–Crippen LogP) is 5.60. The number of nitrogens with one attached hydrogen (secondary N) is 4. The first-order chi connectivity index (χ1) is 19.7. The van der Waals surface area contributed by atoms with Crippen molar-refractivity contribution in [2.45, 2.75) is 91.1 Å². The number of hydrogen-bond donors (Lipinski definition) is 4. The van der Waals surface area contributed by atoms with Gasteiger partial charge >= 0.3 is 0 Å². The topological polar surface area (TPSA) is 82.3 Å². The summed E-state index contributed by atoms with van der Waals surface area (Å²) in [7, 11) is 0. The van der Waals surface area contributed by atoms with Gasteiger partial charge in [-0.05, 0) is 80.7 Å². The number of halogens is 1. The summed E-state index contributed by atoms with van der Waals surface area (Å²) in [6, 6.07) is 15.0. The summed E-state index contributed by atoms with van der Waals surface area (Å²) >= 11 is 0. The SMILES string of the molecule is C=C1CNC(C)CCc2ccccc2CCCNC(=O)C(CC2CC2)NC(=O)CN1.CCC.Cc1cccc(F)c1. The molecule has 4 rings (SSSR count). The highest BCUT2D eigenvalue weighted by Gasteiger charge is 2.30. The Morgan fingerprint density at radius 2 is 1.61 bits per heavy atom. The second kappa shape index (κ2) is 19.0. The molecule has 0 saturated heterocycles. The van der Waals surface area contributed by atoms with Gasteiger partial charge in [-0.2, -0.15) is 0 Å². The molecule has 1 fully saturated rings. The van der Waals surface area contributed by atoms with Crippen LogP contribution >= 0.6 is 0 Å². The molecule has 2 aromatic rings. The third-order valence-corrected chi connectivity index (χ3v) is 6.95. The molecule has 2 aliphatic rings. The van der Waals surface area contributed by atoms with Crippen LogP contribution in [0.15, 0.2) is 60.8 Å². The lowest BCUT2D eigenvalue weighted by Gasteiger charge is -2.20. The van der Waals surface area contributed by atoms with Crippen LogP contribution in [-0.4, -0.2) is 43.5 Å². The molecule has 41 heavy (non-hydrogen) atoms. The average molecular weight is 567 g/mol. The fourth-order valence-corrected chi connectivity index (χ4v) is 4.47. The average Bonchev–Trinajstić information content (AvgIpc) is 3.76. The highest BCUT2D eigenvalue weighted by molar-refractivity contribution is 5.88. The Morgan fingerprint density at radius 1 is 0.927 bits per heavy atom. The molecular weight excluding hydrogens is 515 g/mol. The van der Waals surface area contributed by atoms with E-state index in [1.165, 1.54) is 29.7 Å². The lowest BCUT2D eigenvalue weighted by Crippen LogP contribution is -2.49. The van der Waals surface area contributed by atoms with E-state index in [0.29, 0.717) is 25.0 Å². The number of hydrogen-bond acceptors (Lipinski definition) is 4. The van der Waals surface area contributed by atoms with E-state index in [1.807, 2.05) is 13.0 Å². The lowest BCUT2D eigenvalue weighted by atomic mass is 9.97. The van der Waals surface area contributed by atoms with Gasteiger partial charge in [0.1, 0.15) is 11.9 Å². The van der Waals surface area contributed by atoms with Gasteiger partial charge in [0.2, 0.25) is 11.8 Å². The Hall–Kier alpha value is -3.19. The van der Waals surface area contributed by atoms with Gasteiger partial charge in [-0.15, -0.1) is 0 Å². The standard InChI is InChI=1S/C24H36N4O2.C7H7F.C3H8/c1-17-9-12-21-7-4-3-6-20(21)8-5-13-25-24(30)22(14-19-10-11-19)28-23(29)16-27-18(2)15-26-17;1-6-3-2-4-7(8)5-6;1-3-2/h3-4,6-7,17,19,22,26-27H,2,5,8-16H2,1H3,(H,25,30)(H,28,29);2-5H,1H3;3H2,1-2H3. The van der Waals surface area contributed by atoms with E-state index in [4.69, 9.17) is 0 Å². The second-order valence-electron chi connectivity index (χ2n) is 11.2. The maximum Gasteiger partial charge on any atom is 0.242 e. The first-order valence-corrected chi connectivity index (χ1v) is 15.2. The number of carbonyl (C=O) groups is 2. The van der Waals surface area contributed by atoms with Crippen LogP contribution in [-0.2, 0) is 22.4 Å². The highest BCUT2D eigenvalue weighted by atomic mass is 19.1. The molecule has 2 amide bonds. The zero-order valence-corrected chi connectivity index (χ0v) is 25.5. The lowest BCUT2D eigenvalue weighted by molar-refractivity contribution is -0.128. The largest absolute Gasteiger partial charge is 0.379 e. The van der Waals surface area contributed by atoms with Gasteiger partial charge in [0.05, 0.1) is 6.54 Å². The van der Waals surface area contributed by atoms with Crippen molar-refractivity contribution < 1.29 is 14.0 Å². The van der Waals surface area contributed by atoms with Gasteiger partial charge in [0.15, 0.2) is 0 Å². The Kier molecular flexibility index (Phi) is 15.8. The Morgan fingerprint density at radius 3 is 2.22 bits per heavy atom. The van der Waals surface area contributed by atoms with Crippen molar-refractivity contribution in [2.24, 2.45) is 5.92 Å². The summed E-state index contributed by atoms with van der Waals surface area (Å²) in [5, 5.41) is 12.5. The minimum atomic E-state index is -0.454. The van der Waals surface area contributed by atoms with E-state index in [2.05, 4.69) is 72.9 Å². The van der Waals surface area contributed by atoms with Gasteiger partial charge in [-0.25, -0.2) is 4.39 Å². The van der Waals surface area contributed by atoms with Crippen LogP contribution in [0.1, 0.15) is 76.0 Å². The van der Waals surface area contributed by atoms with Crippen LogP contribution in [0.2, 0.25) is 0 Å². The summed E-state index contributed by atoms with van der Waals surface area (Å²) in [5.74, 6) is 0.156. The molecule has 0 spiro atoms. The zero-order valence-electron chi connectivity index (χ0n) is 25.5. The smallest absolute Gasteiger partial charge is 0.242 e. The number of carbonyl (C=O) groups excluding carboxylic acids is 2. The number of amides is 2. The molecule has 1 heterocycles. The number of benzene rings is 2. The summed E-state index contributed by atoms with van der Waals surface area (Å²) in [5.41, 5.74) is 4.48. The van der Waals surface area contributed by atoms with Gasteiger partial charge in [0, 0.05) is 24.8 Å². The van der Waals surface area contributed by atoms with Crippen molar-refractivity contribution >= 4 is 11.8 Å². The molecule has 2 aromatic carbocycles. The van der Waals surface area contributed by atoms with Gasteiger partial charge in [-0.3, -0.25) is 9.59 Å². The maximum atomic E-state index is 12.7. The number of rotatable bonds is 2. The second-order valence-corrected chi connectivity index (χ2v) is 11.2. The highest BCUT2D eigenvalue weighted by Crippen LogP contribution is 2.33. The van der Waals surface area contributed by atoms with Crippen LogP contribution in [0.4, 0.5) is 4.39 Å². The van der Waals surface area contributed by atoms with E-state index in [1.54, 1.807) is 6.07 Å². The third kappa shape index (κ3) is 14.8. The molecule has 226 valence electrons. The van der Waals surface area contributed by atoms with Crippen LogP contribution in [0.5, 0.6) is 0 Å². The van der Waals surface area contributed by atoms with Gasteiger partial charge < -0.3 is 21.3 Å². The molecule has 1 saturated carbocycles. The van der Waals surface area contributed by atoms with Crippen LogP contribution in [0.25, 0.3) is 0 Å². The molecule has 2 unspecified atom stereocenters. The van der Waals surface area contributed by atoms with Crippen LogP contribution in [0.3, 0.4) is 0 Å². The molecule has 1 aliphatic heterocycles. The minimum absolute atomic E-state index is 0.0704. The molecule has 0 bridgehead atoms. The van der Waals surface area contributed by atoms with Gasteiger partial charge in [-0.1, -0.05) is 76.1 Å². The molecule has 6 nitrogen and oxygen atoms in total. The fourth-order valence-electron chi connectivity index (χ4n) is 4.47. The van der Waals surface area contributed by atoms with E-state index in [0.717, 1.165) is 56.2 Å². The minimum Gasteiger partial charge on any atom is -0.379 e. The predicted molar refractivity (Wildman–Crippen MR) is 167 cm³/mol. The van der Waals surface area contributed by atoms with Crippen LogP contribution in [0, 0.1) is 18.7 Å². The van der Waals surface area contributed by atoms with Crippen molar-refractivity contribution in [1.82, 2.24) is 21.3 Å². The maximum absolute atomic E-state index is 12.7. The van der Waals surface area contributed by atoms with Crippen molar-refractivity contribution in [3.63, 3.8) is 0 Å². The Bertz CT molecular complexity index is 1070. The summed E-state index contributed by atoms with van der Waals surface area (Å²) in [6.07, 6.45) is 8.15. The quantitative estimate of drug-likeness (QED) is 0.382. The first kappa shape index (κ1) is 34.0. The molecule has 7 heteroatoms. The number of aryl methyl sites for hydroxylation is 3. The van der Waals surface area contributed by atoms with Crippen molar-refractivity contribution in [1.29, 1.82) is 0 Å². The van der Waals surface area contributed by atoms with Crippen molar-refractivity contribution in [2.75, 3.05) is 19.6 Å². The Balaban J connectivity index is 0.000000449. The monoisotopic (exact) mass is 566 g/mol. The fraction of sp³-hybridized carbons (Fsp3) is 0.529. The normalized spacial score (nSPS) is 20.7. The van der Waals surface area contributed by atoms with E-state index in [-0.39, 0.29) is 24.2 Å². The summed E-state index contributed by atoms with van der Waals surface area (Å²) < 4.78 is 12.2. The number of fused-ring (bicyclic) bond motifs is 1. The molecule has 2 atom stereocenters. The van der Waals surface area contributed by atoms with E-state index < -0.39 is 6.04 Å². The third-order valence-electron chi connectivity index (χ3n) is 6.95. The molecular formula is C34H51FN4O2. The zero-order chi connectivity index (χ0) is 30.0. The van der Waals surface area contributed by atoms with E-state index in [9.17, 15) is 14.0 Å². The van der Waals surface area contributed by atoms with Gasteiger partial charge in [0.25, 0.3) is 0 Å².